The van der Waals surface area contributed by atoms with Crippen LogP contribution in [0.3, 0.4) is 0 Å². The zero-order chi connectivity index (χ0) is 10.6. The highest BCUT2D eigenvalue weighted by Gasteiger charge is 2.13. The predicted molar refractivity (Wildman–Crippen MR) is 66.3 cm³/mol. The van der Waals surface area contributed by atoms with E-state index in [1.165, 1.54) is 4.90 Å². The van der Waals surface area contributed by atoms with E-state index < -0.39 is 0 Å². The summed E-state index contributed by atoms with van der Waals surface area (Å²) in [4.78, 5) is 1.27. The van der Waals surface area contributed by atoms with Crippen molar-refractivity contribution in [2.75, 3.05) is 11.1 Å². The van der Waals surface area contributed by atoms with Gasteiger partial charge in [-0.15, -0.1) is 11.8 Å². The van der Waals surface area contributed by atoms with Crippen molar-refractivity contribution in [3.8, 4) is 0 Å². The van der Waals surface area contributed by atoms with Crippen LogP contribution in [0.2, 0.25) is 0 Å². The summed E-state index contributed by atoms with van der Waals surface area (Å²) in [6.45, 7) is 6.56. The van der Waals surface area contributed by atoms with Gasteiger partial charge in [0.15, 0.2) is 0 Å². The minimum Gasteiger partial charge on any atom is -0.468 e. The summed E-state index contributed by atoms with van der Waals surface area (Å²) in [6, 6.07) is 2.05. The van der Waals surface area contributed by atoms with Crippen molar-refractivity contribution in [1.82, 2.24) is 0 Å². The summed E-state index contributed by atoms with van der Waals surface area (Å²) < 4.78 is 5.26. The van der Waals surface area contributed by atoms with Crippen molar-refractivity contribution in [3.05, 3.63) is 18.1 Å². The average molecular weight is 277 g/mol. The molecule has 80 valence electrons. The first-order valence-electron chi connectivity index (χ1n) is 4.88. The third-order valence-electron chi connectivity index (χ3n) is 2.41. The Kier molecular flexibility index (Phi) is 5.10. The van der Waals surface area contributed by atoms with E-state index in [-0.39, 0.29) is 0 Å². The number of rotatable bonds is 5. The fraction of sp³-hybridized carbons (Fsp3) is 0.636. The molecule has 0 saturated carbocycles. The Balaban J connectivity index is 2.43. The molecule has 1 heterocycles. The standard InChI is InChI=1S/C11H17BrOS/c1-8(2)10(6-12)7-14-11-4-5-13-9(11)3/h4-5,8,10H,6-7H2,1-3H3. The molecule has 1 unspecified atom stereocenters. The van der Waals surface area contributed by atoms with E-state index in [9.17, 15) is 0 Å². The molecule has 0 radical (unpaired) electrons. The summed E-state index contributed by atoms with van der Waals surface area (Å²) in [5, 5.41) is 1.08. The first-order chi connectivity index (χ1) is 6.65. The molecule has 0 aromatic carbocycles. The highest BCUT2D eigenvalue weighted by molar-refractivity contribution is 9.09. The second-order valence-corrected chi connectivity index (χ2v) is 5.52. The Morgan fingerprint density at radius 2 is 2.21 bits per heavy atom. The van der Waals surface area contributed by atoms with E-state index in [0.29, 0.717) is 0 Å². The molecular weight excluding hydrogens is 260 g/mol. The topological polar surface area (TPSA) is 13.1 Å². The van der Waals surface area contributed by atoms with Gasteiger partial charge in [-0.3, -0.25) is 0 Å². The van der Waals surface area contributed by atoms with Crippen LogP contribution in [0.4, 0.5) is 0 Å². The van der Waals surface area contributed by atoms with Crippen molar-refractivity contribution < 1.29 is 4.42 Å². The van der Waals surface area contributed by atoms with Crippen LogP contribution in [0.5, 0.6) is 0 Å². The lowest BCUT2D eigenvalue weighted by atomic mass is 10.0. The SMILES string of the molecule is Cc1occc1SCC(CBr)C(C)C. The van der Waals surface area contributed by atoms with Crippen LogP contribution in [-0.2, 0) is 0 Å². The minimum absolute atomic E-state index is 0.731. The lowest BCUT2D eigenvalue weighted by Crippen LogP contribution is -2.12. The third kappa shape index (κ3) is 3.35. The quantitative estimate of drug-likeness (QED) is 0.586. The van der Waals surface area contributed by atoms with Crippen LogP contribution in [0.1, 0.15) is 19.6 Å². The van der Waals surface area contributed by atoms with Crippen molar-refractivity contribution in [1.29, 1.82) is 0 Å². The molecule has 0 N–H and O–H groups in total. The van der Waals surface area contributed by atoms with Crippen molar-refractivity contribution in [2.45, 2.75) is 25.7 Å². The lowest BCUT2D eigenvalue weighted by molar-refractivity contribution is 0.474. The molecule has 1 aromatic heterocycles. The second kappa shape index (κ2) is 5.86. The van der Waals surface area contributed by atoms with E-state index in [2.05, 4.69) is 29.8 Å². The molecule has 1 rings (SSSR count). The predicted octanol–water partition coefficient (Wildman–Crippen LogP) is 4.35. The average Bonchev–Trinajstić information content (AvgIpc) is 2.52. The van der Waals surface area contributed by atoms with Crippen molar-refractivity contribution >= 4 is 27.7 Å². The van der Waals surface area contributed by atoms with Crippen LogP contribution >= 0.6 is 27.7 Å². The second-order valence-electron chi connectivity index (χ2n) is 3.81. The Hall–Kier alpha value is 0.110. The Labute approximate surface area is 98.8 Å². The van der Waals surface area contributed by atoms with Gasteiger partial charge in [0.2, 0.25) is 0 Å². The van der Waals surface area contributed by atoms with Gasteiger partial charge in [-0.2, -0.15) is 0 Å². The van der Waals surface area contributed by atoms with Gasteiger partial charge in [0.25, 0.3) is 0 Å². The first-order valence-corrected chi connectivity index (χ1v) is 6.98. The molecule has 14 heavy (non-hydrogen) atoms. The van der Waals surface area contributed by atoms with Crippen LogP contribution in [0.25, 0.3) is 0 Å². The number of alkyl halides is 1. The highest BCUT2D eigenvalue weighted by Crippen LogP contribution is 2.28. The van der Waals surface area contributed by atoms with E-state index in [1.54, 1.807) is 6.26 Å². The Bertz CT molecular complexity index is 270. The van der Waals surface area contributed by atoms with Gasteiger partial charge in [-0.05, 0) is 24.8 Å². The maximum atomic E-state index is 5.26. The molecule has 1 nitrogen and oxygen atoms in total. The van der Waals surface area contributed by atoms with E-state index in [0.717, 1.165) is 28.7 Å². The van der Waals surface area contributed by atoms with Crippen LogP contribution in [0, 0.1) is 18.8 Å². The van der Waals surface area contributed by atoms with Crippen LogP contribution < -0.4 is 0 Å². The zero-order valence-electron chi connectivity index (χ0n) is 8.92. The summed E-state index contributed by atoms with van der Waals surface area (Å²) >= 11 is 5.45. The maximum Gasteiger partial charge on any atom is 0.114 e. The van der Waals surface area contributed by atoms with Gasteiger partial charge < -0.3 is 4.42 Å². The lowest BCUT2D eigenvalue weighted by Gasteiger charge is -2.16. The number of halogens is 1. The zero-order valence-corrected chi connectivity index (χ0v) is 11.3. The van der Waals surface area contributed by atoms with Gasteiger partial charge in [0.1, 0.15) is 5.76 Å². The number of hydrogen-bond acceptors (Lipinski definition) is 2. The van der Waals surface area contributed by atoms with Crippen LogP contribution in [-0.4, -0.2) is 11.1 Å². The van der Waals surface area contributed by atoms with Gasteiger partial charge in [-0.25, -0.2) is 0 Å². The van der Waals surface area contributed by atoms with Gasteiger partial charge >= 0.3 is 0 Å². The van der Waals surface area contributed by atoms with Crippen molar-refractivity contribution in [2.24, 2.45) is 11.8 Å². The fourth-order valence-corrected chi connectivity index (χ4v) is 3.71. The number of hydrogen-bond donors (Lipinski definition) is 0. The summed E-state index contributed by atoms with van der Waals surface area (Å²) in [6.07, 6.45) is 1.76. The van der Waals surface area contributed by atoms with Crippen LogP contribution in [0.15, 0.2) is 21.6 Å². The van der Waals surface area contributed by atoms with Crippen molar-refractivity contribution in [3.63, 3.8) is 0 Å². The van der Waals surface area contributed by atoms with Gasteiger partial charge in [-0.1, -0.05) is 29.8 Å². The summed E-state index contributed by atoms with van der Waals surface area (Å²) in [7, 11) is 0. The molecule has 0 bridgehead atoms. The monoisotopic (exact) mass is 276 g/mol. The molecule has 0 spiro atoms. The maximum absolute atomic E-state index is 5.26. The van der Waals surface area contributed by atoms with Gasteiger partial charge in [0, 0.05) is 16.0 Å². The third-order valence-corrected chi connectivity index (χ3v) is 4.57. The van der Waals surface area contributed by atoms with E-state index >= 15 is 0 Å². The molecule has 3 heteroatoms. The molecule has 1 atom stereocenters. The largest absolute Gasteiger partial charge is 0.468 e. The minimum atomic E-state index is 0.731. The van der Waals surface area contributed by atoms with Gasteiger partial charge in [0.05, 0.1) is 6.26 Å². The molecule has 0 saturated heterocycles. The molecule has 0 aliphatic carbocycles. The molecule has 0 aliphatic heterocycles. The Morgan fingerprint density at radius 1 is 1.50 bits per heavy atom. The first kappa shape index (κ1) is 12.2. The molecular formula is C11H17BrOS. The molecule has 0 aliphatic rings. The summed E-state index contributed by atoms with van der Waals surface area (Å²) in [5.41, 5.74) is 0. The Morgan fingerprint density at radius 3 is 2.64 bits per heavy atom. The summed E-state index contributed by atoms with van der Waals surface area (Å²) in [5.74, 6) is 3.65. The number of thioether (sulfide) groups is 1. The molecule has 1 aromatic rings. The normalized spacial score (nSPS) is 13.5. The fourth-order valence-electron chi connectivity index (χ4n) is 1.14. The smallest absolute Gasteiger partial charge is 0.114 e. The highest BCUT2D eigenvalue weighted by atomic mass is 79.9. The molecule has 0 fully saturated rings. The number of aryl methyl sites for hydroxylation is 1. The van der Waals surface area contributed by atoms with E-state index in [1.807, 2.05) is 24.8 Å². The van der Waals surface area contributed by atoms with E-state index in [4.69, 9.17) is 4.42 Å². The molecule has 0 amide bonds. The number of furan rings is 1.